The van der Waals surface area contributed by atoms with Gasteiger partial charge in [-0.3, -0.25) is 18.2 Å². The van der Waals surface area contributed by atoms with Crippen molar-refractivity contribution in [1.82, 2.24) is 9.13 Å². The fraction of sp³-hybridized carbons (Fsp3) is 0.300. The molecule has 0 radical (unpaired) electrons. The molecule has 0 bridgehead atoms. The molecule has 0 saturated carbocycles. The molecule has 29 heavy (non-hydrogen) atoms. The number of imidazole rings is 1. The lowest BCUT2D eigenvalue weighted by Gasteiger charge is -2.22. The Bertz CT molecular complexity index is 1200. The van der Waals surface area contributed by atoms with Crippen molar-refractivity contribution in [1.29, 1.82) is 0 Å². The average molecular weight is 417 g/mol. The molecule has 0 spiro atoms. The Balaban J connectivity index is 1.64. The topological polar surface area (TPSA) is 93.4 Å². The van der Waals surface area contributed by atoms with Crippen LogP contribution < -0.4 is 15.3 Å². The largest absolute Gasteiger partial charge is 0.328 e. The lowest BCUT2D eigenvalue weighted by molar-refractivity contribution is -0.116. The van der Waals surface area contributed by atoms with Crippen LogP contribution in [0.15, 0.2) is 53.3 Å². The minimum Gasteiger partial charge on any atom is -0.326 e. The highest BCUT2D eigenvalue weighted by molar-refractivity contribution is 7.92. The van der Waals surface area contributed by atoms with Crippen LogP contribution in [0.1, 0.15) is 12.8 Å². The van der Waals surface area contributed by atoms with Crippen molar-refractivity contribution in [3.63, 3.8) is 0 Å². The number of hydrogen-bond acceptors (Lipinski definition) is 4. The summed E-state index contributed by atoms with van der Waals surface area (Å²) in [6.45, 7) is 0.211. The summed E-state index contributed by atoms with van der Waals surface area (Å²) < 4.78 is 28.5. The van der Waals surface area contributed by atoms with E-state index in [2.05, 4.69) is 5.32 Å². The van der Waals surface area contributed by atoms with Gasteiger partial charge < -0.3 is 5.32 Å². The summed E-state index contributed by atoms with van der Waals surface area (Å²) in [4.78, 5) is 24.3. The number of nitrogens with zero attached hydrogens (tertiary/aromatic N) is 3. The minimum atomic E-state index is -3.44. The van der Waals surface area contributed by atoms with E-state index in [-0.39, 0.29) is 24.6 Å². The first-order chi connectivity index (χ1) is 13.7. The van der Waals surface area contributed by atoms with Gasteiger partial charge in [-0.25, -0.2) is 13.2 Å². The van der Waals surface area contributed by atoms with E-state index in [4.69, 9.17) is 0 Å². The van der Waals surface area contributed by atoms with Gasteiger partial charge in [-0.05, 0) is 36.8 Å². The van der Waals surface area contributed by atoms with Gasteiger partial charge in [0.25, 0.3) is 0 Å². The van der Waals surface area contributed by atoms with E-state index < -0.39 is 10.0 Å². The number of aryl methyl sites for hydroxylation is 2. The average Bonchev–Trinajstić information content (AvgIpc) is 2.89. The number of carbonyl (C=O) groups excluding carboxylic acids is 1. The first-order valence-corrected chi connectivity index (χ1v) is 11.0. The Morgan fingerprint density at radius 1 is 1.03 bits per heavy atom. The van der Waals surface area contributed by atoms with Gasteiger partial charge in [0.05, 0.1) is 23.0 Å². The Hall–Kier alpha value is -3.07. The number of carbonyl (C=O) groups is 1. The van der Waals surface area contributed by atoms with Crippen LogP contribution in [-0.2, 0) is 28.9 Å². The molecule has 0 atom stereocenters. The number of aromatic nitrogens is 2. The van der Waals surface area contributed by atoms with Crippen molar-refractivity contribution >= 4 is 38.3 Å². The van der Waals surface area contributed by atoms with Crippen molar-refractivity contribution in [2.75, 3.05) is 22.4 Å². The molecular weight excluding hydrogens is 392 g/mol. The molecule has 0 saturated heterocycles. The van der Waals surface area contributed by atoms with Crippen LogP contribution in [0.5, 0.6) is 0 Å². The highest BCUT2D eigenvalue weighted by Gasteiger charge is 2.17. The fourth-order valence-electron chi connectivity index (χ4n) is 3.27. The van der Waals surface area contributed by atoms with Crippen LogP contribution in [0.3, 0.4) is 0 Å². The molecule has 0 aliphatic rings. The molecule has 1 aromatic heterocycles. The molecular formula is C20H24N4O4S. The van der Waals surface area contributed by atoms with Crippen molar-refractivity contribution in [2.45, 2.75) is 12.8 Å². The second kappa shape index (κ2) is 8.12. The van der Waals surface area contributed by atoms with Gasteiger partial charge in [-0.2, -0.15) is 0 Å². The smallest absolute Gasteiger partial charge is 0.326 e. The molecule has 0 aliphatic heterocycles. The standard InChI is InChI=1S/C20H24N4O4S/c1-22-17-12-11-15(14-18(17)23(2)20(22)26)21-19(25)10-7-13-24(29(3,27)28)16-8-5-4-6-9-16/h4-6,8-9,11-12,14H,7,10,13H2,1-3H3,(H,21,25). The molecule has 1 heterocycles. The fourth-order valence-corrected chi connectivity index (χ4v) is 4.24. The molecule has 0 fully saturated rings. The molecule has 3 rings (SSSR count). The molecule has 154 valence electrons. The summed E-state index contributed by atoms with van der Waals surface area (Å²) >= 11 is 0. The van der Waals surface area contributed by atoms with Gasteiger partial charge >= 0.3 is 5.69 Å². The van der Waals surface area contributed by atoms with E-state index in [1.165, 1.54) is 8.87 Å². The van der Waals surface area contributed by atoms with E-state index >= 15 is 0 Å². The Morgan fingerprint density at radius 3 is 2.34 bits per heavy atom. The number of para-hydroxylation sites is 1. The van der Waals surface area contributed by atoms with Gasteiger partial charge in [0, 0.05) is 32.7 Å². The zero-order chi connectivity index (χ0) is 21.2. The van der Waals surface area contributed by atoms with E-state index in [0.717, 1.165) is 17.3 Å². The Labute approximate surface area is 169 Å². The van der Waals surface area contributed by atoms with Crippen LogP contribution in [0.25, 0.3) is 11.0 Å². The maximum absolute atomic E-state index is 12.3. The van der Waals surface area contributed by atoms with E-state index in [1.54, 1.807) is 61.1 Å². The summed E-state index contributed by atoms with van der Waals surface area (Å²) in [5, 5.41) is 2.81. The monoisotopic (exact) mass is 416 g/mol. The zero-order valence-electron chi connectivity index (χ0n) is 16.6. The number of benzene rings is 2. The summed E-state index contributed by atoms with van der Waals surface area (Å²) in [6.07, 6.45) is 1.70. The first-order valence-electron chi connectivity index (χ1n) is 9.16. The molecule has 0 unspecified atom stereocenters. The lowest BCUT2D eigenvalue weighted by Crippen LogP contribution is -2.31. The minimum absolute atomic E-state index is 0.134. The molecule has 8 nitrogen and oxygen atoms in total. The van der Waals surface area contributed by atoms with Gasteiger partial charge in [-0.1, -0.05) is 18.2 Å². The molecule has 2 aromatic carbocycles. The third-order valence-electron chi connectivity index (χ3n) is 4.77. The molecule has 1 N–H and O–H groups in total. The second-order valence-electron chi connectivity index (χ2n) is 6.93. The molecule has 3 aromatic rings. The maximum atomic E-state index is 12.3. The Morgan fingerprint density at radius 2 is 1.69 bits per heavy atom. The highest BCUT2D eigenvalue weighted by atomic mass is 32.2. The molecule has 9 heteroatoms. The number of nitrogens with one attached hydrogen (secondary N) is 1. The van der Waals surface area contributed by atoms with Crippen molar-refractivity contribution < 1.29 is 13.2 Å². The number of sulfonamides is 1. The van der Waals surface area contributed by atoms with E-state index in [0.29, 0.717) is 17.8 Å². The molecule has 0 aliphatic carbocycles. The van der Waals surface area contributed by atoms with Gasteiger partial charge in [0.2, 0.25) is 15.9 Å². The normalized spacial score (nSPS) is 11.6. The van der Waals surface area contributed by atoms with Crippen LogP contribution in [-0.4, -0.2) is 36.3 Å². The van der Waals surface area contributed by atoms with Crippen LogP contribution >= 0.6 is 0 Å². The Kier molecular flexibility index (Phi) is 5.78. The molecule has 1 amide bonds. The van der Waals surface area contributed by atoms with Crippen molar-refractivity contribution in [3.05, 3.63) is 59.0 Å². The van der Waals surface area contributed by atoms with Crippen LogP contribution in [0.4, 0.5) is 11.4 Å². The van der Waals surface area contributed by atoms with Crippen molar-refractivity contribution in [3.8, 4) is 0 Å². The zero-order valence-corrected chi connectivity index (χ0v) is 17.4. The van der Waals surface area contributed by atoms with E-state index in [9.17, 15) is 18.0 Å². The second-order valence-corrected chi connectivity index (χ2v) is 8.83. The van der Waals surface area contributed by atoms with Gasteiger partial charge in [-0.15, -0.1) is 0 Å². The summed E-state index contributed by atoms with van der Waals surface area (Å²) in [7, 11) is -0.0609. The maximum Gasteiger partial charge on any atom is 0.328 e. The number of anilines is 2. The van der Waals surface area contributed by atoms with Gasteiger partial charge in [0.15, 0.2) is 0 Å². The third kappa shape index (κ3) is 4.51. The number of fused-ring (bicyclic) bond motifs is 1. The quantitative estimate of drug-likeness (QED) is 0.638. The summed E-state index contributed by atoms with van der Waals surface area (Å²) in [5.41, 5.74) is 2.53. The predicted octanol–water partition coefficient (Wildman–Crippen LogP) is 2.06. The number of amides is 1. The third-order valence-corrected chi connectivity index (χ3v) is 5.96. The summed E-state index contributed by atoms with van der Waals surface area (Å²) in [6, 6.07) is 14.1. The van der Waals surface area contributed by atoms with Crippen LogP contribution in [0, 0.1) is 0 Å². The van der Waals surface area contributed by atoms with Gasteiger partial charge in [0.1, 0.15) is 0 Å². The number of hydrogen-bond donors (Lipinski definition) is 1. The summed E-state index contributed by atoms with van der Waals surface area (Å²) in [5.74, 6) is -0.216. The predicted molar refractivity (Wildman–Crippen MR) is 115 cm³/mol. The van der Waals surface area contributed by atoms with E-state index in [1.807, 2.05) is 6.07 Å². The lowest BCUT2D eigenvalue weighted by atomic mass is 10.2. The highest BCUT2D eigenvalue weighted by Crippen LogP contribution is 2.19. The van der Waals surface area contributed by atoms with Crippen molar-refractivity contribution in [2.24, 2.45) is 14.1 Å². The number of rotatable bonds is 7. The SMILES string of the molecule is Cn1c(=O)n(C)c2cc(NC(=O)CCCN(c3ccccc3)S(C)(=O)=O)ccc21. The first kappa shape index (κ1) is 20.7. The van der Waals surface area contributed by atoms with Crippen LogP contribution in [0.2, 0.25) is 0 Å².